The number of rotatable bonds is 7. The maximum Gasteiger partial charge on any atom is 0.424 e. The van der Waals surface area contributed by atoms with Crippen LogP contribution < -0.4 is 5.43 Å². The molecule has 1 aliphatic rings. The Balaban J connectivity index is 2.00. The van der Waals surface area contributed by atoms with Crippen LogP contribution in [-0.2, 0) is 11.2 Å². The van der Waals surface area contributed by atoms with Crippen molar-refractivity contribution in [3.05, 3.63) is 48.6 Å². The Morgan fingerprint density at radius 1 is 1.50 bits per heavy atom. The lowest BCUT2D eigenvalue weighted by Gasteiger charge is -2.27. The molecule has 2 atom stereocenters. The summed E-state index contributed by atoms with van der Waals surface area (Å²) >= 11 is 0. The fraction of sp³-hybridized carbons (Fsp3) is 0.438. The fourth-order valence-corrected chi connectivity index (χ4v) is 2.36. The molecule has 0 aromatic heterocycles. The summed E-state index contributed by atoms with van der Waals surface area (Å²) in [6, 6.07) is 10.4. The largest absolute Gasteiger partial charge is 0.446 e. The fourth-order valence-electron chi connectivity index (χ4n) is 2.36. The predicted octanol–water partition coefficient (Wildman–Crippen LogP) is 2.91. The van der Waals surface area contributed by atoms with Gasteiger partial charge in [0.15, 0.2) is 0 Å². The molecule has 1 aliphatic heterocycles. The van der Waals surface area contributed by atoms with Crippen molar-refractivity contribution < 1.29 is 9.53 Å². The normalized spacial score (nSPS) is 19.8. The van der Waals surface area contributed by atoms with Gasteiger partial charge in [-0.2, -0.15) is 0 Å². The highest BCUT2D eigenvalue weighted by atomic mass is 16.6. The second kappa shape index (κ2) is 7.10. The van der Waals surface area contributed by atoms with Crippen molar-refractivity contribution in [2.24, 2.45) is 0 Å². The first-order chi connectivity index (χ1) is 9.74. The lowest BCUT2D eigenvalue weighted by molar-refractivity contribution is 0.130. The Hall–Kier alpha value is -1.81. The van der Waals surface area contributed by atoms with Crippen molar-refractivity contribution in [2.75, 3.05) is 6.61 Å². The van der Waals surface area contributed by atoms with Gasteiger partial charge in [-0.05, 0) is 24.8 Å². The first-order valence-electron chi connectivity index (χ1n) is 7.11. The summed E-state index contributed by atoms with van der Waals surface area (Å²) in [6.07, 6.45) is 4.15. The third-order valence-corrected chi connectivity index (χ3v) is 3.54. The zero-order valence-corrected chi connectivity index (χ0v) is 11.9. The Kier molecular flexibility index (Phi) is 5.18. The maximum atomic E-state index is 11.8. The van der Waals surface area contributed by atoms with E-state index in [0.29, 0.717) is 6.61 Å². The molecule has 4 nitrogen and oxygen atoms in total. The number of carbonyl (C=O) groups is 1. The highest BCUT2D eigenvalue weighted by Crippen LogP contribution is 2.16. The Morgan fingerprint density at radius 2 is 2.25 bits per heavy atom. The van der Waals surface area contributed by atoms with E-state index in [-0.39, 0.29) is 18.2 Å². The van der Waals surface area contributed by atoms with Crippen molar-refractivity contribution >= 4 is 6.09 Å². The number of hydrazine groups is 1. The second-order valence-electron chi connectivity index (χ2n) is 5.05. The van der Waals surface area contributed by atoms with Crippen LogP contribution in [0.3, 0.4) is 0 Å². The number of nitrogens with one attached hydrogen (secondary N) is 1. The molecule has 0 spiro atoms. The first-order valence-corrected chi connectivity index (χ1v) is 7.11. The number of cyclic esters (lactones) is 1. The molecular formula is C16H22N2O2. The Bertz CT molecular complexity index is 447. The Morgan fingerprint density at radius 3 is 2.90 bits per heavy atom. The van der Waals surface area contributed by atoms with Gasteiger partial charge >= 0.3 is 6.09 Å². The summed E-state index contributed by atoms with van der Waals surface area (Å²) in [7, 11) is 0. The van der Waals surface area contributed by atoms with Crippen LogP contribution >= 0.6 is 0 Å². The van der Waals surface area contributed by atoms with Crippen molar-refractivity contribution in [3.8, 4) is 0 Å². The molecule has 0 unspecified atom stereocenters. The van der Waals surface area contributed by atoms with Crippen molar-refractivity contribution in [3.63, 3.8) is 0 Å². The van der Waals surface area contributed by atoms with Crippen molar-refractivity contribution in [1.82, 2.24) is 10.4 Å². The molecule has 0 aliphatic carbocycles. The molecule has 1 amide bonds. The van der Waals surface area contributed by atoms with E-state index in [0.717, 1.165) is 19.3 Å². The molecule has 0 bridgehead atoms. The number of amides is 1. The minimum absolute atomic E-state index is 0.0452. The lowest BCUT2D eigenvalue weighted by atomic mass is 10.1. The molecule has 1 aromatic carbocycles. The number of benzene rings is 1. The van der Waals surface area contributed by atoms with E-state index in [2.05, 4.69) is 31.1 Å². The van der Waals surface area contributed by atoms with Crippen molar-refractivity contribution in [1.29, 1.82) is 0 Å². The van der Waals surface area contributed by atoms with Crippen molar-refractivity contribution in [2.45, 2.75) is 38.3 Å². The van der Waals surface area contributed by atoms with Crippen LogP contribution in [0.1, 0.15) is 25.3 Å². The quantitative estimate of drug-likeness (QED) is 0.777. The van der Waals surface area contributed by atoms with Crippen LogP contribution in [-0.4, -0.2) is 29.8 Å². The van der Waals surface area contributed by atoms with Gasteiger partial charge in [0.05, 0.1) is 6.04 Å². The van der Waals surface area contributed by atoms with E-state index in [9.17, 15) is 4.79 Å². The summed E-state index contributed by atoms with van der Waals surface area (Å²) in [5, 5.41) is 1.64. The molecule has 1 fully saturated rings. The van der Waals surface area contributed by atoms with Gasteiger partial charge in [0.2, 0.25) is 0 Å². The summed E-state index contributed by atoms with van der Waals surface area (Å²) in [5.41, 5.74) is 4.48. The van der Waals surface area contributed by atoms with Gasteiger partial charge in [-0.15, -0.1) is 6.58 Å². The van der Waals surface area contributed by atoms with E-state index in [1.807, 2.05) is 24.3 Å². The summed E-state index contributed by atoms with van der Waals surface area (Å²) < 4.78 is 5.17. The molecule has 2 rings (SSSR count). The average Bonchev–Trinajstić information content (AvgIpc) is 2.80. The van der Waals surface area contributed by atoms with E-state index in [1.54, 1.807) is 5.01 Å². The van der Waals surface area contributed by atoms with Crippen LogP contribution in [0.25, 0.3) is 0 Å². The maximum absolute atomic E-state index is 11.8. The molecule has 1 N–H and O–H groups in total. The van der Waals surface area contributed by atoms with Crippen LogP contribution in [0.2, 0.25) is 0 Å². The second-order valence-corrected chi connectivity index (χ2v) is 5.05. The van der Waals surface area contributed by atoms with Gasteiger partial charge in [-0.3, -0.25) is 0 Å². The van der Waals surface area contributed by atoms with Gasteiger partial charge in [0.1, 0.15) is 6.61 Å². The number of nitrogens with zero attached hydrogens (tertiary/aromatic N) is 1. The van der Waals surface area contributed by atoms with E-state index in [4.69, 9.17) is 4.74 Å². The van der Waals surface area contributed by atoms with Gasteiger partial charge in [0, 0.05) is 6.04 Å². The number of ether oxygens (including phenoxy) is 1. The molecule has 0 saturated carbocycles. The summed E-state index contributed by atoms with van der Waals surface area (Å²) in [4.78, 5) is 11.8. The number of hydrogen-bond acceptors (Lipinski definition) is 3. The first kappa shape index (κ1) is 14.6. The van der Waals surface area contributed by atoms with Gasteiger partial charge in [0.25, 0.3) is 0 Å². The van der Waals surface area contributed by atoms with E-state index in [1.165, 1.54) is 5.56 Å². The van der Waals surface area contributed by atoms with Gasteiger partial charge in [-0.25, -0.2) is 15.2 Å². The monoisotopic (exact) mass is 274 g/mol. The summed E-state index contributed by atoms with van der Waals surface area (Å²) in [6.45, 7) is 6.28. The van der Waals surface area contributed by atoms with Gasteiger partial charge in [-0.1, -0.05) is 43.3 Å². The minimum atomic E-state index is -0.284. The highest BCUT2D eigenvalue weighted by molar-refractivity contribution is 5.69. The molecule has 4 heteroatoms. The van der Waals surface area contributed by atoms with Crippen LogP contribution in [0.5, 0.6) is 0 Å². The molecule has 1 aromatic rings. The molecule has 20 heavy (non-hydrogen) atoms. The summed E-state index contributed by atoms with van der Waals surface area (Å²) in [5.74, 6) is 0. The Labute approximate surface area is 120 Å². The predicted molar refractivity (Wildman–Crippen MR) is 79.1 cm³/mol. The van der Waals surface area contributed by atoms with Crippen LogP contribution in [0, 0.1) is 0 Å². The van der Waals surface area contributed by atoms with Crippen LogP contribution in [0.4, 0.5) is 4.79 Å². The molecular weight excluding hydrogens is 252 g/mol. The zero-order valence-electron chi connectivity index (χ0n) is 11.9. The topological polar surface area (TPSA) is 41.6 Å². The third kappa shape index (κ3) is 3.61. The lowest BCUT2D eigenvalue weighted by Crippen LogP contribution is -2.50. The zero-order chi connectivity index (χ0) is 14.4. The smallest absolute Gasteiger partial charge is 0.424 e. The molecule has 1 heterocycles. The minimum Gasteiger partial charge on any atom is -0.446 e. The van der Waals surface area contributed by atoms with Crippen LogP contribution in [0.15, 0.2) is 43.0 Å². The molecule has 108 valence electrons. The standard InChI is InChI=1S/C16H22N2O2/c1-3-8-14(4-2)17-18-15(12-20-16(18)19)11-13-9-6-5-7-10-13/h3,5-7,9-10,14-15,17H,1,4,8,11-12H2,2H3/t14-,15+/m1/s1. The third-order valence-electron chi connectivity index (χ3n) is 3.54. The molecule has 0 radical (unpaired) electrons. The van der Waals surface area contributed by atoms with E-state index >= 15 is 0 Å². The van der Waals surface area contributed by atoms with E-state index < -0.39 is 0 Å². The highest BCUT2D eigenvalue weighted by Gasteiger charge is 2.34. The number of carbonyl (C=O) groups excluding carboxylic acids is 1. The molecule has 1 saturated heterocycles. The SMILES string of the molecule is C=CC[C@@H](CC)NN1C(=O)OC[C@@H]1Cc1ccccc1. The average molecular weight is 274 g/mol. The van der Waals surface area contributed by atoms with Gasteiger partial charge < -0.3 is 4.74 Å². The number of hydrogen-bond donors (Lipinski definition) is 1.